The lowest BCUT2D eigenvalue weighted by Crippen LogP contribution is -2.23. The quantitative estimate of drug-likeness (QED) is 0.924. The second kappa shape index (κ2) is 5.66. The van der Waals surface area contributed by atoms with Crippen molar-refractivity contribution < 1.29 is 9.47 Å². The largest absolute Gasteiger partial charge is 0.491 e. The van der Waals surface area contributed by atoms with E-state index < -0.39 is 0 Å². The summed E-state index contributed by atoms with van der Waals surface area (Å²) in [4.78, 5) is 0. The van der Waals surface area contributed by atoms with Gasteiger partial charge >= 0.3 is 0 Å². The van der Waals surface area contributed by atoms with E-state index in [-0.39, 0.29) is 12.2 Å². The third kappa shape index (κ3) is 3.20. The van der Waals surface area contributed by atoms with Crippen molar-refractivity contribution in [2.75, 3.05) is 13.2 Å². The molecule has 0 aromatic heterocycles. The van der Waals surface area contributed by atoms with Crippen LogP contribution in [0.5, 0.6) is 5.75 Å². The molecule has 4 heteroatoms. The number of benzene rings is 1. The molecule has 0 amide bonds. The van der Waals surface area contributed by atoms with Crippen LogP contribution >= 0.6 is 15.9 Å². The van der Waals surface area contributed by atoms with E-state index in [2.05, 4.69) is 15.9 Å². The fraction of sp³-hybridized carbons (Fsp3) is 0.500. The second-order valence-electron chi connectivity index (χ2n) is 3.96. The molecule has 1 aromatic carbocycles. The van der Waals surface area contributed by atoms with E-state index in [1.54, 1.807) is 0 Å². The Hall–Kier alpha value is -0.580. The minimum Gasteiger partial charge on any atom is -0.491 e. The monoisotopic (exact) mass is 285 g/mol. The third-order valence-corrected chi connectivity index (χ3v) is 3.18. The van der Waals surface area contributed by atoms with E-state index in [9.17, 15) is 0 Å². The van der Waals surface area contributed by atoms with E-state index in [0.717, 1.165) is 23.1 Å². The van der Waals surface area contributed by atoms with Gasteiger partial charge in [0.1, 0.15) is 12.4 Å². The van der Waals surface area contributed by atoms with Gasteiger partial charge in [-0.1, -0.05) is 22.0 Å². The highest BCUT2D eigenvalue weighted by molar-refractivity contribution is 9.10. The van der Waals surface area contributed by atoms with E-state index in [4.69, 9.17) is 15.2 Å². The standard InChI is InChI=1S/C12H16BrNO2/c13-9-2-1-3-10(6-9)15-8-12-5-4-11(7-14)16-12/h1-3,6,11-12H,4-5,7-8,14H2. The molecule has 0 radical (unpaired) electrons. The summed E-state index contributed by atoms with van der Waals surface area (Å²) >= 11 is 3.41. The van der Waals surface area contributed by atoms with Crippen molar-refractivity contribution in [2.45, 2.75) is 25.0 Å². The Balaban J connectivity index is 1.80. The molecular formula is C12H16BrNO2. The molecule has 1 heterocycles. The van der Waals surface area contributed by atoms with Crippen molar-refractivity contribution in [3.63, 3.8) is 0 Å². The van der Waals surface area contributed by atoms with Crippen LogP contribution in [-0.4, -0.2) is 25.4 Å². The summed E-state index contributed by atoms with van der Waals surface area (Å²) in [5, 5.41) is 0. The molecule has 2 atom stereocenters. The van der Waals surface area contributed by atoms with Gasteiger partial charge < -0.3 is 15.2 Å². The van der Waals surface area contributed by atoms with Crippen LogP contribution in [0.15, 0.2) is 28.7 Å². The molecule has 3 nitrogen and oxygen atoms in total. The molecule has 1 aliphatic heterocycles. The molecular weight excluding hydrogens is 270 g/mol. The molecule has 1 saturated heterocycles. The molecule has 0 saturated carbocycles. The van der Waals surface area contributed by atoms with Gasteiger partial charge in [0.2, 0.25) is 0 Å². The highest BCUT2D eigenvalue weighted by Crippen LogP contribution is 2.22. The summed E-state index contributed by atoms with van der Waals surface area (Å²) in [5.74, 6) is 0.870. The zero-order valence-electron chi connectivity index (χ0n) is 9.06. The van der Waals surface area contributed by atoms with Crippen LogP contribution in [0.25, 0.3) is 0 Å². The predicted octanol–water partition coefficient (Wildman–Crippen LogP) is 2.33. The van der Waals surface area contributed by atoms with Crippen molar-refractivity contribution in [1.82, 2.24) is 0 Å². The first-order chi connectivity index (χ1) is 7.78. The molecule has 0 bridgehead atoms. The van der Waals surface area contributed by atoms with E-state index >= 15 is 0 Å². The Morgan fingerprint density at radius 2 is 2.19 bits per heavy atom. The molecule has 1 fully saturated rings. The first-order valence-electron chi connectivity index (χ1n) is 5.52. The lowest BCUT2D eigenvalue weighted by Gasteiger charge is -2.13. The Labute approximate surface area is 104 Å². The van der Waals surface area contributed by atoms with Crippen molar-refractivity contribution in [1.29, 1.82) is 0 Å². The van der Waals surface area contributed by atoms with Crippen molar-refractivity contribution in [3.05, 3.63) is 28.7 Å². The minimum absolute atomic E-state index is 0.188. The molecule has 2 N–H and O–H groups in total. The first kappa shape index (κ1) is 11.9. The van der Waals surface area contributed by atoms with Gasteiger partial charge in [0.15, 0.2) is 0 Å². The molecule has 1 aliphatic rings. The van der Waals surface area contributed by atoms with Gasteiger partial charge in [0, 0.05) is 11.0 Å². The zero-order chi connectivity index (χ0) is 11.4. The third-order valence-electron chi connectivity index (χ3n) is 2.69. The SMILES string of the molecule is NCC1CCC(COc2cccc(Br)c2)O1. The maximum absolute atomic E-state index is 5.70. The summed E-state index contributed by atoms with van der Waals surface area (Å²) in [5.41, 5.74) is 5.55. The normalized spacial score (nSPS) is 24.6. The van der Waals surface area contributed by atoms with Crippen LogP contribution in [0.2, 0.25) is 0 Å². The second-order valence-corrected chi connectivity index (χ2v) is 4.88. The molecule has 2 rings (SSSR count). The van der Waals surface area contributed by atoms with E-state index in [1.807, 2.05) is 24.3 Å². The van der Waals surface area contributed by atoms with Crippen LogP contribution in [0.4, 0.5) is 0 Å². The van der Waals surface area contributed by atoms with Gasteiger partial charge in [-0.25, -0.2) is 0 Å². The van der Waals surface area contributed by atoms with Crippen LogP contribution in [0.3, 0.4) is 0 Å². The Bertz CT molecular complexity index is 346. The first-order valence-corrected chi connectivity index (χ1v) is 6.31. The maximum atomic E-state index is 5.70. The van der Waals surface area contributed by atoms with Crippen LogP contribution in [0, 0.1) is 0 Å². The van der Waals surface area contributed by atoms with Crippen LogP contribution < -0.4 is 10.5 Å². The van der Waals surface area contributed by atoms with Crippen molar-refractivity contribution >= 4 is 15.9 Å². The molecule has 2 unspecified atom stereocenters. The predicted molar refractivity (Wildman–Crippen MR) is 66.6 cm³/mol. The maximum Gasteiger partial charge on any atom is 0.120 e. The molecule has 1 aromatic rings. The lowest BCUT2D eigenvalue weighted by atomic mass is 10.2. The van der Waals surface area contributed by atoms with Gasteiger partial charge in [-0.2, -0.15) is 0 Å². The van der Waals surface area contributed by atoms with Crippen LogP contribution in [0.1, 0.15) is 12.8 Å². The summed E-state index contributed by atoms with van der Waals surface area (Å²) < 4.78 is 12.4. The van der Waals surface area contributed by atoms with Gasteiger partial charge in [0.25, 0.3) is 0 Å². The summed E-state index contributed by atoms with van der Waals surface area (Å²) in [7, 11) is 0. The van der Waals surface area contributed by atoms with Crippen molar-refractivity contribution in [3.8, 4) is 5.75 Å². The smallest absolute Gasteiger partial charge is 0.120 e. The van der Waals surface area contributed by atoms with Gasteiger partial charge in [-0.15, -0.1) is 0 Å². The number of halogens is 1. The highest BCUT2D eigenvalue weighted by atomic mass is 79.9. The average Bonchev–Trinajstić information content (AvgIpc) is 2.74. The fourth-order valence-corrected chi connectivity index (χ4v) is 2.20. The Morgan fingerprint density at radius 1 is 1.38 bits per heavy atom. The van der Waals surface area contributed by atoms with Crippen molar-refractivity contribution in [2.24, 2.45) is 5.73 Å². The number of nitrogens with two attached hydrogens (primary N) is 1. The molecule has 0 spiro atoms. The van der Waals surface area contributed by atoms with E-state index in [1.165, 1.54) is 0 Å². The van der Waals surface area contributed by atoms with E-state index in [0.29, 0.717) is 13.2 Å². The minimum atomic E-state index is 0.188. The number of ether oxygens (including phenoxy) is 2. The average molecular weight is 286 g/mol. The lowest BCUT2D eigenvalue weighted by molar-refractivity contribution is 0.0222. The summed E-state index contributed by atoms with van der Waals surface area (Å²) in [6.07, 6.45) is 2.49. The van der Waals surface area contributed by atoms with Gasteiger partial charge in [0.05, 0.1) is 12.2 Å². The Kier molecular flexibility index (Phi) is 4.21. The number of hydrogen-bond donors (Lipinski definition) is 1. The molecule has 88 valence electrons. The van der Waals surface area contributed by atoms with Gasteiger partial charge in [-0.3, -0.25) is 0 Å². The van der Waals surface area contributed by atoms with Gasteiger partial charge in [-0.05, 0) is 31.0 Å². The Morgan fingerprint density at radius 3 is 2.88 bits per heavy atom. The molecule has 16 heavy (non-hydrogen) atoms. The zero-order valence-corrected chi connectivity index (χ0v) is 10.7. The number of hydrogen-bond acceptors (Lipinski definition) is 3. The fourth-order valence-electron chi connectivity index (χ4n) is 1.82. The summed E-state index contributed by atoms with van der Waals surface area (Å²) in [6, 6.07) is 7.83. The molecule has 0 aliphatic carbocycles. The topological polar surface area (TPSA) is 44.5 Å². The summed E-state index contributed by atoms with van der Waals surface area (Å²) in [6.45, 7) is 1.21. The highest BCUT2D eigenvalue weighted by Gasteiger charge is 2.24. The number of rotatable bonds is 4. The van der Waals surface area contributed by atoms with Crippen LogP contribution in [-0.2, 0) is 4.74 Å².